The first-order valence-electron chi connectivity index (χ1n) is 8.41. The zero-order chi connectivity index (χ0) is 18.6. The minimum Gasteiger partial charge on any atom is -0.326 e. The molecule has 0 radical (unpaired) electrons. The Morgan fingerprint density at radius 1 is 1.35 bits per heavy atom. The molecule has 0 N–H and O–H groups in total. The van der Waals surface area contributed by atoms with Crippen molar-refractivity contribution >= 4 is 29.3 Å². The smallest absolute Gasteiger partial charge is 0.234 e. The van der Waals surface area contributed by atoms with Gasteiger partial charge in [-0.2, -0.15) is 9.94 Å². The summed E-state index contributed by atoms with van der Waals surface area (Å²) in [5, 5.41) is 22.4. The molecular formula is C17H19ClN6OS. The summed E-state index contributed by atoms with van der Waals surface area (Å²) in [4.78, 5) is 14.3. The van der Waals surface area contributed by atoms with Crippen LogP contribution in [0.15, 0.2) is 29.4 Å². The van der Waals surface area contributed by atoms with E-state index in [4.69, 9.17) is 11.6 Å². The third kappa shape index (κ3) is 3.84. The second kappa shape index (κ2) is 8.06. The van der Waals surface area contributed by atoms with Gasteiger partial charge < -0.3 is 4.90 Å². The fourth-order valence-electron chi connectivity index (χ4n) is 3.13. The molecule has 2 aromatic rings. The molecule has 3 rings (SSSR count). The van der Waals surface area contributed by atoms with Crippen LogP contribution in [0, 0.1) is 11.3 Å². The molecule has 0 saturated heterocycles. The average molecular weight is 391 g/mol. The van der Waals surface area contributed by atoms with Crippen LogP contribution in [-0.2, 0) is 4.79 Å². The van der Waals surface area contributed by atoms with Crippen LogP contribution in [0.4, 0.5) is 0 Å². The average Bonchev–Trinajstić information content (AvgIpc) is 3.15. The van der Waals surface area contributed by atoms with Gasteiger partial charge >= 0.3 is 0 Å². The number of nitriles is 1. The highest BCUT2D eigenvalue weighted by Gasteiger charge is 2.38. The number of rotatable bonds is 5. The Morgan fingerprint density at radius 2 is 2.04 bits per heavy atom. The zero-order valence-corrected chi connectivity index (χ0v) is 16.0. The second-order valence-electron chi connectivity index (χ2n) is 6.30. The summed E-state index contributed by atoms with van der Waals surface area (Å²) in [5.74, 6) is 0.0811. The van der Waals surface area contributed by atoms with Gasteiger partial charge in [0, 0.05) is 12.1 Å². The summed E-state index contributed by atoms with van der Waals surface area (Å²) in [6, 6.07) is 9.50. The third-order valence-corrected chi connectivity index (χ3v) is 5.90. The second-order valence-corrected chi connectivity index (χ2v) is 7.67. The maximum Gasteiger partial charge on any atom is 0.234 e. The van der Waals surface area contributed by atoms with Crippen LogP contribution in [-0.4, -0.2) is 49.4 Å². The van der Waals surface area contributed by atoms with E-state index < -0.39 is 5.54 Å². The van der Waals surface area contributed by atoms with E-state index in [1.807, 2.05) is 12.1 Å². The molecule has 1 saturated carbocycles. The molecule has 136 valence electrons. The first kappa shape index (κ1) is 18.7. The van der Waals surface area contributed by atoms with Gasteiger partial charge in [0.1, 0.15) is 5.54 Å². The number of amides is 1. The maximum absolute atomic E-state index is 12.7. The number of aromatic nitrogens is 4. The fourth-order valence-corrected chi connectivity index (χ4v) is 4.06. The summed E-state index contributed by atoms with van der Waals surface area (Å²) < 4.78 is 1.56. The van der Waals surface area contributed by atoms with Crippen molar-refractivity contribution in [1.29, 1.82) is 5.26 Å². The Morgan fingerprint density at radius 3 is 2.69 bits per heavy atom. The van der Waals surface area contributed by atoms with Gasteiger partial charge in [0.05, 0.1) is 17.5 Å². The van der Waals surface area contributed by atoms with Crippen LogP contribution >= 0.6 is 23.4 Å². The van der Waals surface area contributed by atoms with Crippen LogP contribution in [0.25, 0.3) is 5.69 Å². The maximum atomic E-state index is 12.7. The van der Waals surface area contributed by atoms with E-state index in [0.717, 1.165) is 37.8 Å². The third-order valence-electron chi connectivity index (χ3n) is 4.74. The van der Waals surface area contributed by atoms with Gasteiger partial charge in [-0.1, -0.05) is 42.6 Å². The summed E-state index contributed by atoms with van der Waals surface area (Å²) in [6.07, 6.45) is 4.55. The molecule has 1 aliphatic carbocycles. The van der Waals surface area contributed by atoms with Crippen molar-refractivity contribution < 1.29 is 4.79 Å². The van der Waals surface area contributed by atoms with Crippen LogP contribution in [0.2, 0.25) is 5.02 Å². The number of hydrogen-bond donors (Lipinski definition) is 0. The molecule has 1 amide bonds. The van der Waals surface area contributed by atoms with Gasteiger partial charge in [-0.05, 0) is 47.5 Å². The monoisotopic (exact) mass is 390 g/mol. The summed E-state index contributed by atoms with van der Waals surface area (Å²) in [6.45, 7) is 0. The molecule has 1 fully saturated rings. The van der Waals surface area contributed by atoms with E-state index in [0.29, 0.717) is 10.2 Å². The van der Waals surface area contributed by atoms with E-state index >= 15 is 0 Å². The summed E-state index contributed by atoms with van der Waals surface area (Å²) in [5.41, 5.74) is 0.0846. The van der Waals surface area contributed by atoms with Crippen molar-refractivity contribution in [3.05, 3.63) is 29.3 Å². The van der Waals surface area contributed by atoms with E-state index in [1.54, 1.807) is 28.8 Å². The van der Waals surface area contributed by atoms with E-state index in [9.17, 15) is 10.1 Å². The van der Waals surface area contributed by atoms with Crippen molar-refractivity contribution in [2.24, 2.45) is 0 Å². The van der Waals surface area contributed by atoms with Gasteiger partial charge in [-0.25, -0.2) is 0 Å². The lowest BCUT2D eigenvalue weighted by Crippen LogP contribution is -2.50. The standard InChI is InChI=1S/C17H19ClN6OS/c1-23(17(12-19)9-3-2-4-10-17)15(25)11-26-16-20-21-22-24(16)14-7-5-13(18)6-8-14/h5-8H,2-4,9-11H2,1H3. The van der Waals surface area contributed by atoms with Crippen LogP contribution in [0.5, 0.6) is 0 Å². The van der Waals surface area contributed by atoms with Crippen LogP contribution < -0.4 is 0 Å². The molecule has 0 bridgehead atoms. The molecule has 1 aromatic carbocycles. The number of benzene rings is 1. The molecule has 9 heteroatoms. The van der Waals surface area contributed by atoms with Crippen molar-refractivity contribution in [2.45, 2.75) is 42.8 Å². The molecule has 0 atom stereocenters. The van der Waals surface area contributed by atoms with Crippen molar-refractivity contribution in [1.82, 2.24) is 25.1 Å². The van der Waals surface area contributed by atoms with Gasteiger partial charge in [0.25, 0.3) is 0 Å². The SMILES string of the molecule is CN(C(=O)CSc1nnnn1-c1ccc(Cl)cc1)C1(C#N)CCCCC1. The molecule has 0 aliphatic heterocycles. The van der Waals surface area contributed by atoms with Crippen molar-refractivity contribution in [3.63, 3.8) is 0 Å². The molecule has 1 heterocycles. The Kier molecular flexibility index (Phi) is 5.79. The molecular weight excluding hydrogens is 372 g/mol. The molecule has 7 nitrogen and oxygen atoms in total. The molecule has 0 unspecified atom stereocenters. The first-order chi connectivity index (χ1) is 12.6. The van der Waals surface area contributed by atoms with Gasteiger partial charge in [-0.15, -0.1) is 5.10 Å². The number of nitrogens with zero attached hydrogens (tertiary/aromatic N) is 6. The molecule has 0 spiro atoms. The lowest BCUT2D eigenvalue weighted by molar-refractivity contribution is -0.131. The van der Waals surface area contributed by atoms with Gasteiger partial charge in [0.15, 0.2) is 0 Å². The van der Waals surface area contributed by atoms with E-state index in [2.05, 4.69) is 21.6 Å². The highest BCUT2D eigenvalue weighted by molar-refractivity contribution is 7.99. The van der Waals surface area contributed by atoms with Crippen molar-refractivity contribution in [2.75, 3.05) is 12.8 Å². The lowest BCUT2D eigenvalue weighted by atomic mass is 9.81. The minimum atomic E-state index is -0.683. The molecule has 26 heavy (non-hydrogen) atoms. The largest absolute Gasteiger partial charge is 0.326 e. The quantitative estimate of drug-likeness (QED) is 0.729. The first-order valence-corrected chi connectivity index (χ1v) is 9.77. The van der Waals surface area contributed by atoms with Crippen molar-refractivity contribution in [3.8, 4) is 11.8 Å². The molecule has 1 aliphatic rings. The van der Waals surface area contributed by atoms with Gasteiger partial charge in [-0.3, -0.25) is 4.79 Å². The Balaban J connectivity index is 1.68. The fraction of sp³-hybridized carbons (Fsp3) is 0.471. The minimum absolute atomic E-state index is 0.0934. The van der Waals surface area contributed by atoms with Gasteiger partial charge in [0.2, 0.25) is 11.1 Å². The Bertz CT molecular complexity index is 809. The highest BCUT2D eigenvalue weighted by Crippen LogP contribution is 2.33. The number of hydrogen-bond acceptors (Lipinski definition) is 6. The predicted octanol–water partition coefficient (Wildman–Crippen LogP) is 3.09. The number of tetrazole rings is 1. The summed E-state index contributed by atoms with van der Waals surface area (Å²) >= 11 is 7.16. The number of carbonyl (C=O) groups excluding carboxylic acids is 1. The number of carbonyl (C=O) groups is 1. The topological polar surface area (TPSA) is 87.7 Å². The number of halogens is 1. The van der Waals surface area contributed by atoms with E-state index in [-0.39, 0.29) is 11.7 Å². The lowest BCUT2D eigenvalue weighted by Gasteiger charge is -2.39. The Labute approximate surface area is 161 Å². The summed E-state index contributed by atoms with van der Waals surface area (Å²) in [7, 11) is 1.72. The van der Waals surface area contributed by atoms with Crippen LogP contribution in [0.1, 0.15) is 32.1 Å². The normalized spacial score (nSPS) is 16.0. The van der Waals surface area contributed by atoms with E-state index in [1.165, 1.54) is 11.8 Å². The predicted molar refractivity (Wildman–Crippen MR) is 99.1 cm³/mol. The zero-order valence-electron chi connectivity index (χ0n) is 14.4. The number of thioether (sulfide) groups is 1. The van der Waals surface area contributed by atoms with Crippen LogP contribution in [0.3, 0.4) is 0 Å². The molecule has 1 aromatic heterocycles. The Hall–Kier alpha value is -2.11. The highest BCUT2D eigenvalue weighted by atomic mass is 35.5.